The van der Waals surface area contributed by atoms with Crippen LogP contribution in [-0.2, 0) is 14.4 Å². The molecule has 1 fully saturated rings. The van der Waals surface area contributed by atoms with Crippen LogP contribution in [-0.4, -0.2) is 41.7 Å². The quantitative estimate of drug-likeness (QED) is 0.256. The Morgan fingerprint density at radius 1 is 1.02 bits per heavy atom. The number of amides is 3. The summed E-state index contributed by atoms with van der Waals surface area (Å²) in [4.78, 5) is 57.4. The Morgan fingerprint density at radius 3 is 2.48 bits per heavy atom. The average Bonchev–Trinajstić information content (AvgIpc) is 3.47. The number of nitrogens with one attached hydrogen (secondary N) is 2. The molecule has 1 saturated heterocycles. The summed E-state index contributed by atoms with van der Waals surface area (Å²) in [5.74, 6) is -1.58. The van der Waals surface area contributed by atoms with Crippen molar-refractivity contribution in [1.29, 1.82) is 0 Å². The van der Waals surface area contributed by atoms with Gasteiger partial charge in [0.15, 0.2) is 6.61 Å². The number of benzene rings is 3. The first kappa shape index (κ1) is 28.3. The number of halogens is 1. The number of carbonyl (C=O) groups is 3. The minimum Gasteiger partial charge on any atom is -0.497 e. The number of carbonyl (C=O) groups excluding carboxylic acids is 3. The van der Waals surface area contributed by atoms with Gasteiger partial charge in [0.25, 0.3) is 5.91 Å². The van der Waals surface area contributed by atoms with E-state index in [0.717, 1.165) is 21.4 Å². The number of methoxy groups -OCH3 is 1. The van der Waals surface area contributed by atoms with Crippen LogP contribution in [0, 0.1) is 12.8 Å². The molecule has 0 aliphatic carbocycles. The summed E-state index contributed by atoms with van der Waals surface area (Å²) in [6, 6.07) is 19.4. The molecule has 3 aromatic carbocycles. The maximum absolute atomic E-state index is 14.1. The van der Waals surface area contributed by atoms with Gasteiger partial charge in [-0.3, -0.25) is 19.2 Å². The first-order valence-electron chi connectivity index (χ1n) is 12.9. The molecule has 0 radical (unpaired) electrons. The van der Waals surface area contributed by atoms with Crippen molar-refractivity contribution in [3.8, 4) is 11.5 Å². The molecule has 0 bridgehead atoms. The number of nitrogens with zero attached hydrogens (tertiary/aromatic N) is 1. The van der Waals surface area contributed by atoms with Gasteiger partial charge in [0.1, 0.15) is 16.7 Å². The zero-order valence-electron chi connectivity index (χ0n) is 22.4. The van der Waals surface area contributed by atoms with E-state index in [4.69, 9.17) is 9.47 Å². The predicted octanol–water partition coefficient (Wildman–Crippen LogP) is 5.33. The van der Waals surface area contributed by atoms with E-state index in [1.165, 1.54) is 16.7 Å². The molecule has 2 aliphatic heterocycles. The molecule has 12 heteroatoms. The number of rotatable bonds is 7. The van der Waals surface area contributed by atoms with Gasteiger partial charge < -0.3 is 19.8 Å². The van der Waals surface area contributed by atoms with E-state index in [0.29, 0.717) is 38.3 Å². The van der Waals surface area contributed by atoms with Crippen LogP contribution >= 0.6 is 39.0 Å². The Morgan fingerprint density at radius 2 is 1.76 bits per heavy atom. The first-order chi connectivity index (χ1) is 20.2. The van der Waals surface area contributed by atoms with Gasteiger partial charge in [-0.05, 0) is 61.5 Å². The monoisotopic (exact) mass is 665 g/mol. The molecule has 1 aromatic heterocycles. The second kappa shape index (κ2) is 11.4. The van der Waals surface area contributed by atoms with Crippen molar-refractivity contribution in [3.63, 3.8) is 0 Å². The SMILES string of the molecule is COc1ccc(N2C(=O)C3Sc4[nH]c(=O)sc4[C@H](c4cc(Br)ccc4OCC(=O)Nc4ccc(C)cc4)C3C2=O)cc1. The van der Waals surface area contributed by atoms with Crippen LogP contribution in [0.3, 0.4) is 0 Å². The van der Waals surface area contributed by atoms with E-state index in [1.54, 1.807) is 43.5 Å². The third-order valence-electron chi connectivity index (χ3n) is 7.16. The minimum atomic E-state index is -0.804. The summed E-state index contributed by atoms with van der Waals surface area (Å²) >= 11 is 5.72. The fraction of sp³-hybridized carbons (Fsp3) is 0.200. The number of aromatic amines is 1. The van der Waals surface area contributed by atoms with Crippen LogP contribution in [0.15, 0.2) is 81.0 Å². The maximum Gasteiger partial charge on any atom is 0.305 e. The van der Waals surface area contributed by atoms with E-state index in [1.807, 2.05) is 37.3 Å². The lowest BCUT2D eigenvalue weighted by molar-refractivity contribution is -0.122. The smallest absolute Gasteiger partial charge is 0.305 e. The number of anilines is 2. The van der Waals surface area contributed by atoms with Gasteiger partial charge in [0.05, 0.1) is 23.7 Å². The summed E-state index contributed by atoms with van der Waals surface area (Å²) in [5.41, 5.74) is 2.75. The molecule has 3 heterocycles. The van der Waals surface area contributed by atoms with E-state index in [-0.39, 0.29) is 29.2 Å². The number of aryl methyl sites for hydroxylation is 1. The van der Waals surface area contributed by atoms with Gasteiger partial charge in [-0.2, -0.15) is 0 Å². The van der Waals surface area contributed by atoms with Crippen LogP contribution in [0.5, 0.6) is 11.5 Å². The number of aromatic nitrogens is 1. The Bertz CT molecular complexity index is 1750. The standard InChI is InChI=1S/C30H24BrN3O6S2/c1-15-3-6-17(7-4-15)32-22(35)14-40-21-12-5-16(31)13-20(21)23-24-26(41-27-25(23)42-30(38)33-27)29(37)34(28(24)36)18-8-10-19(39-2)11-9-18/h3-13,23-24,26H,14H2,1-2H3,(H,32,35)(H,33,38)/t23-,24?,26?/m1/s1. The molecule has 2 aliphatic rings. The summed E-state index contributed by atoms with van der Waals surface area (Å²) in [6.45, 7) is 1.68. The highest BCUT2D eigenvalue weighted by Crippen LogP contribution is 2.54. The summed E-state index contributed by atoms with van der Waals surface area (Å²) in [7, 11) is 1.54. The van der Waals surface area contributed by atoms with Crippen LogP contribution < -0.4 is 24.6 Å². The van der Waals surface area contributed by atoms with Crippen molar-refractivity contribution in [2.75, 3.05) is 23.9 Å². The van der Waals surface area contributed by atoms with Crippen molar-refractivity contribution in [3.05, 3.63) is 96.9 Å². The van der Waals surface area contributed by atoms with Crippen molar-refractivity contribution in [2.24, 2.45) is 5.92 Å². The minimum absolute atomic E-state index is 0.278. The normalized spacial score (nSPS) is 19.3. The van der Waals surface area contributed by atoms with Gasteiger partial charge in [0.2, 0.25) is 11.8 Å². The van der Waals surface area contributed by atoms with Gasteiger partial charge in [-0.15, -0.1) is 0 Å². The molecule has 4 aromatic rings. The second-order valence-corrected chi connectivity index (χ2v) is 12.9. The van der Waals surface area contributed by atoms with Crippen molar-refractivity contribution in [1.82, 2.24) is 4.98 Å². The van der Waals surface area contributed by atoms with Gasteiger partial charge in [-0.25, -0.2) is 4.90 Å². The molecule has 42 heavy (non-hydrogen) atoms. The summed E-state index contributed by atoms with van der Waals surface area (Å²) in [5, 5.41) is 2.60. The van der Waals surface area contributed by atoms with Gasteiger partial charge in [0, 0.05) is 26.5 Å². The number of hydrogen-bond acceptors (Lipinski definition) is 8. The number of fused-ring (bicyclic) bond motifs is 2. The molecule has 0 spiro atoms. The number of H-pyrrole nitrogens is 1. The highest BCUT2D eigenvalue weighted by atomic mass is 79.9. The molecular weight excluding hydrogens is 642 g/mol. The Balaban J connectivity index is 1.35. The summed E-state index contributed by atoms with van der Waals surface area (Å²) in [6.07, 6.45) is 0. The number of thioether (sulfide) groups is 1. The van der Waals surface area contributed by atoms with E-state index in [2.05, 4.69) is 26.2 Å². The van der Waals surface area contributed by atoms with Crippen molar-refractivity contribution < 1.29 is 23.9 Å². The third-order valence-corrected chi connectivity index (χ3v) is 10.0. The van der Waals surface area contributed by atoms with Gasteiger partial charge in [-0.1, -0.05) is 56.7 Å². The molecule has 2 N–H and O–H groups in total. The fourth-order valence-electron chi connectivity index (χ4n) is 5.21. The lowest BCUT2D eigenvalue weighted by Crippen LogP contribution is -2.32. The largest absolute Gasteiger partial charge is 0.497 e. The van der Waals surface area contributed by atoms with E-state index in [9.17, 15) is 19.2 Å². The fourth-order valence-corrected chi connectivity index (χ4v) is 8.09. The molecule has 6 rings (SSSR count). The zero-order valence-corrected chi connectivity index (χ0v) is 25.6. The zero-order chi connectivity index (χ0) is 29.5. The lowest BCUT2D eigenvalue weighted by atomic mass is 9.82. The van der Waals surface area contributed by atoms with Crippen molar-refractivity contribution >= 4 is 68.1 Å². The number of thiazole rings is 1. The molecule has 2 unspecified atom stereocenters. The highest BCUT2D eigenvalue weighted by molar-refractivity contribution is 9.10. The summed E-state index contributed by atoms with van der Waals surface area (Å²) < 4.78 is 12.0. The molecular formula is C30H24BrN3O6S2. The van der Waals surface area contributed by atoms with Crippen LogP contribution in [0.1, 0.15) is 21.9 Å². The maximum atomic E-state index is 14.1. The highest BCUT2D eigenvalue weighted by Gasteiger charge is 2.56. The Labute approximate surface area is 257 Å². The van der Waals surface area contributed by atoms with Gasteiger partial charge >= 0.3 is 4.87 Å². The predicted molar refractivity (Wildman–Crippen MR) is 165 cm³/mol. The molecule has 9 nitrogen and oxygen atoms in total. The molecule has 3 atom stereocenters. The number of ether oxygens (including phenoxy) is 2. The number of hydrogen-bond donors (Lipinski definition) is 2. The van der Waals surface area contributed by atoms with E-state index >= 15 is 0 Å². The molecule has 3 amide bonds. The molecule has 214 valence electrons. The second-order valence-electron chi connectivity index (χ2n) is 9.84. The van der Waals surface area contributed by atoms with E-state index < -0.39 is 17.1 Å². The Kier molecular flexibility index (Phi) is 7.69. The van der Waals surface area contributed by atoms with Crippen LogP contribution in [0.2, 0.25) is 0 Å². The lowest BCUT2D eigenvalue weighted by Gasteiger charge is -2.31. The average molecular weight is 667 g/mol. The first-order valence-corrected chi connectivity index (χ1v) is 15.4. The third kappa shape index (κ3) is 5.25. The van der Waals surface area contributed by atoms with Crippen molar-refractivity contribution in [2.45, 2.75) is 23.1 Å². The Hall–Kier alpha value is -3.87. The van der Waals surface area contributed by atoms with Crippen LogP contribution in [0.4, 0.5) is 11.4 Å². The molecule has 0 saturated carbocycles. The van der Waals surface area contributed by atoms with Crippen LogP contribution in [0.25, 0.3) is 0 Å². The number of imide groups is 1. The topological polar surface area (TPSA) is 118 Å².